The summed E-state index contributed by atoms with van der Waals surface area (Å²) in [4.78, 5) is 0. The lowest BCUT2D eigenvalue weighted by atomic mass is 9.46. The van der Waals surface area contributed by atoms with Crippen LogP contribution in [-0.2, 0) is 0 Å². The molecule has 0 aliphatic heterocycles. The third-order valence-electron chi connectivity index (χ3n) is 10.4. The van der Waals surface area contributed by atoms with Crippen molar-refractivity contribution in [3.8, 4) is 0 Å². The van der Waals surface area contributed by atoms with Crippen LogP contribution in [0, 0.1) is 34.5 Å². The molecule has 3 saturated carbocycles. The lowest BCUT2D eigenvalue weighted by Crippen LogP contribution is -2.60. The van der Waals surface area contributed by atoms with Gasteiger partial charge in [-0.3, -0.25) is 0 Å². The number of rotatable bonds is 5. The molecule has 0 aromatic rings. The maximum atomic E-state index is 12.2. The van der Waals surface area contributed by atoms with Crippen LogP contribution in [-0.4, -0.2) is 21.9 Å². The Kier molecular flexibility index (Phi) is 5.78. The van der Waals surface area contributed by atoms with Gasteiger partial charge in [-0.15, -0.1) is 0 Å². The van der Waals surface area contributed by atoms with E-state index in [9.17, 15) is 10.2 Å². The summed E-state index contributed by atoms with van der Waals surface area (Å²) < 4.78 is 0. The summed E-state index contributed by atoms with van der Waals surface area (Å²) in [6.07, 6.45) is 13.6. The van der Waals surface area contributed by atoms with E-state index in [1.54, 1.807) is 5.57 Å². The normalized spacial score (nSPS) is 45.7. The predicted molar refractivity (Wildman–Crippen MR) is 121 cm³/mol. The lowest BCUT2D eigenvalue weighted by Gasteiger charge is -2.61. The summed E-state index contributed by atoms with van der Waals surface area (Å²) >= 11 is 0. The van der Waals surface area contributed by atoms with Gasteiger partial charge in [-0.2, -0.15) is 0 Å². The molecule has 7 atom stereocenters. The maximum absolute atomic E-state index is 12.2. The van der Waals surface area contributed by atoms with Crippen molar-refractivity contribution in [2.75, 3.05) is 0 Å². The molecular weight excluding hydrogens is 356 g/mol. The molecular formula is C27H46O2. The van der Waals surface area contributed by atoms with Crippen molar-refractivity contribution in [3.05, 3.63) is 11.1 Å². The Balaban J connectivity index is 1.59. The zero-order valence-corrected chi connectivity index (χ0v) is 19.8. The van der Waals surface area contributed by atoms with Gasteiger partial charge in [0.15, 0.2) is 0 Å². The third kappa shape index (κ3) is 3.36. The summed E-state index contributed by atoms with van der Waals surface area (Å²) in [5.41, 5.74) is 2.79. The van der Waals surface area contributed by atoms with E-state index in [-0.39, 0.29) is 11.5 Å². The van der Waals surface area contributed by atoms with Crippen molar-refractivity contribution in [3.63, 3.8) is 0 Å². The zero-order valence-electron chi connectivity index (χ0n) is 19.8. The van der Waals surface area contributed by atoms with E-state index in [1.165, 1.54) is 44.1 Å². The predicted octanol–water partition coefficient (Wildman–Crippen LogP) is 6.65. The highest BCUT2D eigenvalue weighted by Crippen LogP contribution is 2.67. The van der Waals surface area contributed by atoms with Crippen LogP contribution in [0.1, 0.15) is 112 Å². The molecule has 166 valence electrons. The molecule has 0 amide bonds. The zero-order chi connectivity index (χ0) is 21.0. The van der Waals surface area contributed by atoms with Crippen molar-refractivity contribution in [1.82, 2.24) is 0 Å². The van der Waals surface area contributed by atoms with Crippen LogP contribution in [0.15, 0.2) is 11.1 Å². The minimum absolute atomic E-state index is 0.0326. The summed E-state index contributed by atoms with van der Waals surface area (Å²) in [5, 5.41) is 22.4. The van der Waals surface area contributed by atoms with E-state index in [0.717, 1.165) is 56.3 Å². The van der Waals surface area contributed by atoms with Gasteiger partial charge in [0.05, 0.1) is 11.7 Å². The van der Waals surface area contributed by atoms with Gasteiger partial charge >= 0.3 is 0 Å². The first kappa shape index (κ1) is 21.9. The topological polar surface area (TPSA) is 40.5 Å². The molecule has 0 radical (unpaired) electrons. The molecule has 0 spiro atoms. The molecule has 0 saturated heterocycles. The Labute approximate surface area is 179 Å². The molecule has 2 N–H and O–H groups in total. The van der Waals surface area contributed by atoms with Gasteiger partial charge in [0.25, 0.3) is 0 Å². The molecule has 0 aromatic carbocycles. The number of aliphatic hydroxyl groups excluding tert-OH is 1. The molecule has 4 aliphatic carbocycles. The molecule has 0 bridgehead atoms. The molecule has 4 rings (SSSR count). The molecule has 2 nitrogen and oxygen atoms in total. The molecule has 3 fully saturated rings. The van der Waals surface area contributed by atoms with Gasteiger partial charge in [-0.25, -0.2) is 0 Å². The number of fused-ring (bicyclic) bond motifs is 4. The molecule has 1 unspecified atom stereocenters. The Morgan fingerprint density at radius 3 is 2.38 bits per heavy atom. The second kappa shape index (κ2) is 7.66. The Morgan fingerprint density at radius 2 is 1.66 bits per heavy atom. The summed E-state index contributed by atoms with van der Waals surface area (Å²) in [5.74, 6) is 2.88. The Hall–Kier alpha value is -0.340. The van der Waals surface area contributed by atoms with Crippen LogP contribution in [0.3, 0.4) is 0 Å². The summed E-state index contributed by atoms with van der Waals surface area (Å²) in [7, 11) is 0. The van der Waals surface area contributed by atoms with Gasteiger partial charge in [0.1, 0.15) is 0 Å². The van der Waals surface area contributed by atoms with Crippen molar-refractivity contribution in [2.45, 2.75) is 123 Å². The molecule has 2 heteroatoms. The van der Waals surface area contributed by atoms with Gasteiger partial charge in [0, 0.05) is 5.41 Å². The smallest absolute Gasteiger partial charge is 0.0915 e. The number of hydrogen-bond acceptors (Lipinski definition) is 2. The fourth-order valence-corrected chi connectivity index (χ4v) is 8.43. The number of allylic oxidation sites excluding steroid dienone is 1. The Bertz CT molecular complexity index is 651. The van der Waals surface area contributed by atoms with Crippen LogP contribution in [0.2, 0.25) is 0 Å². The van der Waals surface area contributed by atoms with E-state index in [1.807, 2.05) is 0 Å². The maximum Gasteiger partial charge on any atom is 0.0915 e. The average molecular weight is 403 g/mol. The highest BCUT2D eigenvalue weighted by molar-refractivity contribution is 5.40. The minimum atomic E-state index is -0.610. The average Bonchev–Trinajstić information content (AvgIpc) is 3.00. The standard InChI is InChI=1S/C27H46O2/c1-18(2)7-6-8-19(3)22-11-12-23-24-10-9-20-17-21(28)13-14-26(20,5)27(24,29)16-15-25(22,23)4/h18-22,28-29H,6-17H2,1-5H3/t19-,20?,21+,22-,25-,26+,27-/m1/s1. The van der Waals surface area contributed by atoms with Crippen molar-refractivity contribution in [1.29, 1.82) is 0 Å². The van der Waals surface area contributed by atoms with Crippen LogP contribution in [0.25, 0.3) is 0 Å². The number of aliphatic hydroxyl groups is 2. The van der Waals surface area contributed by atoms with Gasteiger partial charge in [-0.1, -0.05) is 59.5 Å². The second-order valence-electron chi connectivity index (χ2n) is 12.3. The van der Waals surface area contributed by atoms with Gasteiger partial charge in [0.2, 0.25) is 0 Å². The van der Waals surface area contributed by atoms with Crippen molar-refractivity contribution in [2.24, 2.45) is 34.5 Å². The fraction of sp³-hybridized carbons (Fsp3) is 0.926. The minimum Gasteiger partial charge on any atom is -0.393 e. The third-order valence-corrected chi connectivity index (χ3v) is 10.4. The van der Waals surface area contributed by atoms with Crippen molar-refractivity contribution < 1.29 is 10.2 Å². The first-order valence-electron chi connectivity index (χ1n) is 12.8. The highest BCUT2D eigenvalue weighted by Gasteiger charge is 2.62. The van der Waals surface area contributed by atoms with E-state index in [2.05, 4.69) is 34.6 Å². The molecule has 0 heterocycles. The summed E-state index contributed by atoms with van der Waals surface area (Å²) in [6, 6.07) is 0. The van der Waals surface area contributed by atoms with Gasteiger partial charge in [-0.05, 0) is 92.4 Å². The monoisotopic (exact) mass is 402 g/mol. The van der Waals surface area contributed by atoms with Crippen LogP contribution in [0.5, 0.6) is 0 Å². The van der Waals surface area contributed by atoms with E-state index < -0.39 is 5.60 Å². The summed E-state index contributed by atoms with van der Waals surface area (Å²) in [6.45, 7) is 12.1. The first-order chi connectivity index (χ1) is 13.6. The number of hydrogen-bond donors (Lipinski definition) is 2. The van der Waals surface area contributed by atoms with Crippen LogP contribution < -0.4 is 0 Å². The van der Waals surface area contributed by atoms with Crippen LogP contribution >= 0.6 is 0 Å². The fourth-order valence-electron chi connectivity index (χ4n) is 8.43. The largest absolute Gasteiger partial charge is 0.393 e. The lowest BCUT2D eigenvalue weighted by molar-refractivity contribution is -0.149. The Morgan fingerprint density at radius 1 is 0.931 bits per heavy atom. The second-order valence-corrected chi connectivity index (χ2v) is 12.3. The SMILES string of the molecule is CC(C)CCC[C@@H](C)[C@H]1CCC2=C3CCC4C[C@@H](O)CC[C@]4(C)[C@@]3(O)CC[C@@]21C. The first-order valence-corrected chi connectivity index (χ1v) is 12.8. The van der Waals surface area contributed by atoms with Crippen LogP contribution in [0.4, 0.5) is 0 Å². The van der Waals surface area contributed by atoms with E-state index in [4.69, 9.17) is 0 Å². The molecule has 0 aromatic heterocycles. The van der Waals surface area contributed by atoms with Crippen molar-refractivity contribution >= 4 is 0 Å². The quantitative estimate of drug-likeness (QED) is 0.506. The van der Waals surface area contributed by atoms with E-state index >= 15 is 0 Å². The molecule has 4 aliphatic rings. The van der Waals surface area contributed by atoms with E-state index in [0.29, 0.717) is 11.3 Å². The van der Waals surface area contributed by atoms with Gasteiger partial charge < -0.3 is 10.2 Å². The highest BCUT2D eigenvalue weighted by atomic mass is 16.3. The molecule has 29 heavy (non-hydrogen) atoms.